The lowest BCUT2D eigenvalue weighted by Gasteiger charge is -2.09. The van der Waals surface area contributed by atoms with Gasteiger partial charge in [-0.15, -0.1) is 0 Å². The number of hydrogen-bond acceptors (Lipinski definition) is 2. The van der Waals surface area contributed by atoms with Gasteiger partial charge in [0.15, 0.2) is 0 Å². The molecule has 3 nitrogen and oxygen atoms in total. The Morgan fingerprint density at radius 2 is 2.07 bits per heavy atom. The van der Waals surface area contributed by atoms with Gasteiger partial charge in [-0.05, 0) is 17.7 Å². The highest BCUT2D eigenvalue weighted by Crippen LogP contribution is 2.16. The van der Waals surface area contributed by atoms with Crippen LogP contribution < -0.4 is 5.32 Å². The molecule has 4 heteroatoms. The minimum atomic E-state index is -0.879. The zero-order valence-corrected chi connectivity index (χ0v) is 7.83. The number of rotatable bonds is 3. The summed E-state index contributed by atoms with van der Waals surface area (Å²) in [6, 6.07) is 5.43. The molecule has 2 N–H and O–H groups in total. The van der Waals surface area contributed by atoms with E-state index in [0.29, 0.717) is 5.56 Å². The van der Waals surface area contributed by atoms with Crippen molar-refractivity contribution in [2.75, 3.05) is 7.05 Å². The van der Waals surface area contributed by atoms with E-state index < -0.39 is 6.10 Å². The molecule has 1 aromatic carbocycles. The van der Waals surface area contributed by atoms with Crippen LogP contribution in [0.2, 0.25) is 0 Å². The van der Waals surface area contributed by atoms with Gasteiger partial charge in [-0.2, -0.15) is 0 Å². The summed E-state index contributed by atoms with van der Waals surface area (Å²) in [5, 5.41) is 11.9. The molecule has 0 aliphatic rings. The fraction of sp³-hybridized carbons (Fsp3) is 0.300. The highest BCUT2D eigenvalue weighted by Gasteiger charge is 2.11. The van der Waals surface area contributed by atoms with Crippen LogP contribution in [0.5, 0.6) is 0 Å². The number of hydrogen-bond donors (Lipinski definition) is 2. The van der Waals surface area contributed by atoms with Gasteiger partial charge < -0.3 is 10.4 Å². The minimum absolute atomic E-state index is 0.0118. The first-order valence-electron chi connectivity index (χ1n) is 4.27. The molecule has 0 saturated heterocycles. The van der Waals surface area contributed by atoms with Crippen LogP contribution in [-0.2, 0) is 4.79 Å². The van der Waals surface area contributed by atoms with Gasteiger partial charge in [-0.25, -0.2) is 4.39 Å². The summed E-state index contributed by atoms with van der Waals surface area (Å²) < 4.78 is 12.5. The highest BCUT2D eigenvalue weighted by molar-refractivity contribution is 5.76. The molecular weight excluding hydrogens is 185 g/mol. The second-order valence-corrected chi connectivity index (χ2v) is 2.94. The molecule has 1 rings (SSSR count). The smallest absolute Gasteiger partial charge is 0.222 e. The standard InChI is InChI=1S/C10H12FNO2/c1-12-10(14)6-9(13)7-2-4-8(11)5-3-7/h2-5,9,13H,6H2,1H3,(H,12,14). The van der Waals surface area contributed by atoms with Gasteiger partial charge in [0.1, 0.15) is 5.82 Å². The topological polar surface area (TPSA) is 49.3 Å². The molecule has 1 atom stereocenters. The molecule has 0 aliphatic carbocycles. The molecule has 0 radical (unpaired) electrons. The molecule has 0 saturated carbocycles. The molecular formula is C10H12FNO2. The molecule has 1 unspecified atom stereocenters. The highest BCUT2D eigenvalue weighted by atomic mass is 19.1. The van der Waals surface area contributed by atoms with E-state index >= 15 is 0 Å². The number of halogens is 1. The summed E-state index contributed by atoms with van der Waals surface area (Å²) >= 11 is 0. The first kappa shape index (κ1) is 10.7. The first-order chi connectivity index (χ1) is 6.63. The zero-order chi connectivity index (χ0) is 10.6. The van der Waals surface area contributed by atoms with Crippen molar-refractivity contribution < 1.29 is 14.3 Å². The predicted molar refractivity (Wildman–Crippen MR) is 50.0 cm³/mol. The Bertz CT molecular complexity index is 310. The molecule has 0 aromatic heterocycles. The van der Waals surface area contributed by atoms with Crippen LogP contribution in [0.3, 0.4) is 0 Å². The van der Waals surface area contributed by atoms with Gasteiger partial charge in [0.25, 0.3) is 0 Å². The monoisotopic (exact) mass is 197 g/mol. The van der Waals surface area contributed by atoms with Gasteiger partial charge >= 0.3 is 0 Å². The fourth-order valence-corrected chi connectivity index (χ4v) is 1.08. The summed E-state index contributed by atoms with van der Waals surface area (Å²) in [5.74, 6) is -0.609. The zero-order valence-electron chi connectivity index (χ0n) is 7.83. The number of aliphatic hydroxyl groups is 1. The maximum atomic E-state index is 12.5. The van der Waals surface area contributed by atoms with Gasteiger partial charge in [0.05, 0.1) is 12.5 Å². The van der Waals surface area contributed by atoms with Gasteiger partial charge in [-0.1, -0.05) is 12.1 Å². The Balaban J connectivity index is 2.65. The molecule has 0 heterocycles. The minimum Gasteiger partial charge on any atom is -0.388 e. The van der Waals surface area contributed by atoms with E-state index in [4.69, 9.17) is 0 Å². The van der Waals surface area contributed by atoms with Crippen LogP contribution in [0.25, 0.3) is 0 Å². The van der Waals surface area contributed by atoms with Crippen molar-refractivity contribution in [1.29, 1.82) is 0 Å². The number of carbonyl (C=O) groups is 1. The molecule has 1 amide bonds. The van der Waals surface area contributed by atoms with E-state index in [0.717, 1.165) is 0 Å². The summed E-state index contributed by atoms with van der Waals surface area (Å²) in [6.07, 6.45) is -0.891. The van der Waals surface area contributed by atoms with Crippen LogP contribution in [-0.4, -0.2) is 18.1 Å². The maximum absolute atomic E-state index is 12.5. The van der Waals surface area contributed by atoms with E-state index in [9.17, 15) is 14.3 Å². The quantitative estimate of drug-likeness (QED) is 0.759. The normalized spacial score (nSPS) is 12.2. The van der Waals surface area contributed by atoms with Crippen molar-refractivity contribution in [3.8, 4) is 0 Å². The lowest BCUT2D eigenvalue weighted by molar-refractivity contribution is -0.122. The molecule has 1 aromatic rings. The van der Waals surface area contributed by atoms with Crippen LogP contribution >= 0.6 is 0 Å². The second kappa shape index (κ2) is 4.72. The molecule has 76 valence electrons. The Morgan fingerprint density at radius 1 is 1.50 bits per heavy atom. The van der Waals surface area contributed by atoms with E-state index in [-0.39, 0.29) is 18.1 Å². The predicted octanol–water partition coefficient (Wildman–Crippen LogP) is 0.995. The third kappa shape index (κ3) is 2.81. The van der Waals surface area contributed by atoms with Crippen LogP contribution in [0.15, 0.2) is 24.3 Å². The van der Waals surface area contributed by atoms with Gasteiger partial charge in [-0.3, -0.25) is 4.79 Å². The number of nitrogens with one attached hydrogen (secondary N) is 1. The van der Waals surface area contributed by atoms with Gasteiger partial charge in [0, 0.05) is 7.05 Å². The molecule has 0 fully saturated rings. The summed E-state index contributed by atoms with van der Waals surface area (Å²) in [4.78, 5) is 10.9. The Labute approximate surface area is 81.6 Å². The summed E-state index contributed by atoms with van der Waals surface area (Å²) in [5.41, 5.74) is 0.537. The third-order valence-electron chi connectivity index (χ3n) is 1.91. The summed E-state index contributed by atoms with van der Waals surface area (Å²) in [7, 11) is 1.50. The maximum Gasteiger partial charge on any atom is 0.222 e. The summed E-state index contributed by atoms with van der Waals surface area (Å²) in [6.45, 7) is 0. The molecule has 0 bridgehead atoms. The van der Waals surface area contributed by atoms with E-state index in [1.54, 1.807) is 0 Å². The lowest BCUT2D eigenvalue weighted by atomic mass is 10.1. The number of amides is 1. The van der Waals surface area contributed by atoms with Crippen LogP contribution in [0.4, 0.5) is 4.39 Å². The number of carbonyl (C=O) groups excluding carboxylic acids is 1. The lowest BCUT2D eigenvalue weighted by Crippen LogP contribution is -2.20. The van der Waals surface area contributed by atoms with Crippen LogP contribution in [0, 0.1) is 5.82 Å². The van der Waals surface area contributed by atoms with Crippen molar-refractivity contribution >= 4 is 5.91 Å². The molecule has 0 spiro atoms. The first-order valence-corrected chi connectivity index (χ1v) is 4.27. The Kier molecular flexibility index (Phi) is 3.59. The average molecular weight is 197 g/mol. The fourth-order valence-electron chi connectivity index (χ4n) is 1.08. The largest absolute Gasteiger partial charge is 0.388 e. The van der Waals surface area contributed by atoms with E-state index in [1.807, 2.05) is 0 Å². The molecule has 0 aliphatic heterocycles. The van der Waals surface area contributed by atoms with E-state index in [2.05, 4.69) is 5.32 Å². The van der Waals surface area contributed by atoms with Crippen molar-refractivity contribution in [1.82, 2.24) is 5.32 Å². The van der Waals surface area contributed by atoms with Crippen molar-refractivity contribution in [3.05, 3.63) is 35.6 Å². The van der Waals surface area contributed by atoms with Crippen molar-refractivity contribution in [3.63, 3.8) is 0 Å². The number of aliphatic hydroxyl groups excluding tert-OH is 1. The number of benzene rings is 1. The SMILES string of the molecule is CNC(=O)CC(O)c1ccc(F)cc1. The Hall–Kier alpha value is -1.42. The average Bonchev–Trinajstić information content (AvgIpc) is 2.18. The van der Waals surface area contributed by atoms with Crippen LogP contribution in [0.1, 0.15) is 18.1 Å². The van der Waals surface area contributed by atoms with Crippen molar-refractivity contribution in [2.24, 2.45) is 0 Å². The van der Waals surface area contributed by atoms with Gasteiger partial charge in [0.2, 0.25) is 5.91 Å². The van der Waals surface area contributed by atoms with Crippen molar-refractivity contribution in [2.45, 2.75) is 12.5 Å². The van der Waals surface area contributed by atoms with E-state index in [1.165, 1.54) is 31.3 Å². The Morgan fingerprint density at radius 3 is 2.57 bits per heavy atom. The molecule has 14 heavy (non-hydrogen) atoms. The second-order valence-electron chi connectivity index (χ2n) is 2.94. The third-order valence-corrected chi connectivity index (χ3v) is 1.91.